The lowest BCUT2D eigenvalue weighted by molar-refractivity contribution is -0.121. The molecule has 8 heteroatoms. The summed E-state index contributed by atoms with van der Waals surface area (Å²) in [6.07, 6.45) is 6.96. The van der Waals surface area contributed by atoms with Gasteiger partial charge in [-0.05, 0) is 76.2 Å². The second-order valence-corrected chi connectivity index (χ2v) is 10.3. The fourth-order valence-electron chi connectivity index (χ4n) is 5.95. The Kier molecular flexibility index (Phi) is 6.96. The van der Waals surface area contributed by atoms with Crippen LogP contribution in [0.15, 0.2) is 24.3 Å². The van der Waals surface area contributed by atoms with Crippen LogP contribution in [0.1, 0.15) is 50.5 Å². The van der Waals surface area contributed by atoms with Gasteiger partial charge in [0.25, 0.3) is 0 Å². The number of benzene rings is 1. The first-order valence-corrected chi connectivity index (χ1v) is 12.2. The van der Waals surface area contributed by atoms with Gasteiger partial charge in [0.1, 0.15) is 12.4 Å². The zero-order valence-electron chi connectivity index (χ0n) is 19.9. The third-order valence-electron chi connectivity index (χ3n) is 8.24. The highest BCUT2D eigenvalue weighted by molar-refractivity contribution is 5.86. The SMILES string of the molecule is CN(C)C1(c2ccc(F)cc2)CCC2(CC1)CN(CC(=O)NCCO)C(=O)N2CC1CCC1. The molecule has 0 unspecified atom stereocenters. The molecule has 7 nitrogen and oxygen atoms in total. The monoisotopic (exact) mass is 460 g/mol. The number of hydrogen-bond donors (Lipinski definition) is 2. The van der Waals surface area contributed by atoms with Gasteiger partial charge in [-0.1, -0.05) is 18.6 Å². The minimum absolute atomic E-state index is 0.0263. The molecule has 1 saturated heterocycles. The average molecular weight is 461 g/mol. The van der Waals surface area contributed by atoms with E-state index in [9.17, 15) is 14.0 Å². The summed E-state index contributed by atoms with van der Waals surface area (Å²) in [7, 11) is 4.15. The van der Waals surface area contributed by atoms with E-state index in [2.05, 4.69) is 29.2 Å². The third-order valence-corrected chi connectivity index (χ3v) is 8.24. The Morgan fingerprint density at radius 1 is 1.18 bits per heavy atom. The van der Waals surface area contributed by atoms with Crippen LogP contribution in [0.25, 0.3) is 0 Å². The van der Waals surface area contributed by atoms with Crippen molar-refractivity contribution in [3.05, 3.63) is 35.6 Å². The standard InChI is InChI=1S/C25H37FN4O3/c1-28(2)25(20-6-8-21(26)9-7-20)12-10-24(11-13-25)18-29(17-22(32)27-14-15-31)23(33)30(24)16-19-4-3-5-19/h6-9,19,31H,3-5,10-18H2,1-2H3,(H,27,32). The van der Waals surface area contributed by atoms with Crippen molar-refractivity contribution in [3.63, 3.8) is 0 Å². The van der Waals surface area contributed by atoms with E-state index < -0.39 is 0 Å². The van der Waals surface area contributed by atoms with E-state index in [4.69, 9.17) is 5.11 Å². The molecule has 1 spiro atoms. The van der Waals surface area contributed by atoms with Crippen LogP contribution >= 0.6 is 0 Å². The topological polar surface area (TPSA) is 76.1 Å². The fraction of sp³-hybridized carbons (Fsp3) is 0.680. The quantitative estimate of drug-likeness (QED) is 0.625. The molecule has 3 amide bonds. The van der Waals surface area contributed by atoms with Gasteiger partial charge < -0.3 is 20.2 Å². The molecular formula is C25H37FN4O3. The molecule has 1 aromatic carbocycles. The molecule has 3 fully saturated rings. The van der Waals surface area contributed by atoms with E-state index in [0.29, 0.717) is 12.5 Å². The Morgan fingerprint density at radius 3 is 2.39 bits per heavy atom. The summed E-state index contributed by atoms with van der Waals surface area (Å²) in [5, 5.41) is 11.6. The highest BCUT2D eigenvalue weighted by atomic mass is 19.1. The van der Waals surface area contributed by atoms with E-state index >= 15 is 0 Å². The largest absolute Gasteiger partial charge is 0.395 e. The Hall–Kier alpha value is -2.19. The Bertz CT molecular complexity index is 848. The van der Waals surface area contributed by atoms with Crippen LogP contribution in [-0.4, -0.2) is 84.2 Å². The number of amides is 3. The number of nitrogens with zero attached hydrogens (tertiary/aromatic N) is 3. The molecular weight excluding hydrogens is 423 g/mol. The van der Waals surface area contributed by atoms with Gasteiger partial charge in [-0.3, -0.25) is 9.69 Å². The number of aliphatic hydroxyl groups is 1. The molecule has 1 aliphatic heterocycles. The lowest BCUT2D eigenvalue weighted by Crippen LogP contribution is -2.56. The van der Waals surface area contributed by atoms with E-state index in [-0.39, 0.29) is 48.5 Å². The maximum Gasteiger partial charge on any atom is 0.321 e. The molecule has 182 valence electrons. The second kappa shape index (κ2) is 9.58. The maximum absolute atomic E-state index is 13.6. The van der Waals surface area contributed by atoms with Crippen LogP contribution in [0.4, 0.5) is 9.18 Å². The van der Waals surface area contributed by atoms with Crippen molar-refractivity contribution in [2.45, 2.75) is 56.0 Å². The van der Waals surface area contributed by atoms with E-state index in [1.165, 1.54) is 18.6 Å². The second-order valence-electron chi connectivity index (χ2n) is 10.3. The minimum atomic E-state index is -0.274. The van der Waals surface area contributed by atoms with Crippen LogP contribution < -0.4 is 5.32 Å². The van der Waals surface area contributed by atoms with Gasteiger partial charge in [0.05, 0.1) is 12.1 Å². The zero-order chi connectivity index (χ0) is 23.6. The zero-order valence-corrected chi connectivity index (χ0v) is 19.9. The van der Waals surface area contributed by atoms with Crippen LogP contribution in [0.5, 0.6) is 0 Å². The normalized spacial score (nSPS) is 28.0. The van der Waals surface area contributed by atoms with Gasteiger partial charge in [0.15, 0.2) is 0 Å². The average Bonchev–Trinajstić information content (AvgIpc) is 3.01. The summed E-state index contributed by atoms with van der Waals surface area (Å²) in [6, 6.07) is 6.79. The van der Waals surface area contributed by atoms with Gasteiger partial charge in [0.2, 0.25) is 5.91 Å². The lowest BCUT2D eigenvalue weighted by Gasteiger charge is -2.51. The molecule has 0 atom stereocenters. The first-order chi connectivity index (χ1) is 15.8. The molecule has 0 aromatic heterocycles. The van der Waals surface area contributed by atoms with Crippen LogP contribution in [0.3, 0.4) is 0 Å². The lowest BCUT2D eigenvalue weighted by atomic mass is 9.68. The number of urea groups is 1. The van der Waals surface area contributed by atoms with Crippen molar-refractivity contribution in [2.75, 3.05) is 46.9 Å². The smallest absolute Gasteiger partial charge is 0.321 e. The predicted octanol–water partition coefficient (Wildman–Crippen LogP) is 2.54. The molecule has 0 bridgehead atoms. The van der Waals surface area contributed by atoms with Crippen molar-refractivity contribution in [1.29, 1.82) is 0 Å². The van der Waals surface area contributed by atoms with E-state index in [0.717, 1.165) is 50.6 Å². The molecule has 2 N–H and O–H groups in total. The number of carbonyl (C=O) groups excluding carboxylic acids is 2. The molecule has 0 radical (unpaired) electrons. The van der Waals surface area contributed by atoms with Crippen LogP contribution in [-0.2, 0) is 10.3 Å². The predicted molar refractivity (Wildman–Crippen MR) is 124 cm³/mol. The highest BCUT2D eigenvalue weighted by Crippen LogP contribution is 2.49. The van der Waals surface area contributed by atoms with Gasteiger partial charge in [-0.25, -0.2) is 9.18 Å². The number of halogens is 1. The van der Waals surface area contributed by atoms with Gasteiger partial charge in [0, 0.05) is 25.2 Å². The summed E-state index contributed by atoms with van der Waals surface area (Å²) in [6.45, 7) is 1.42. The van der Waals surface area contributed by atoms with Crippen LogP contribution in [0.2, 0.25) is 0 Å². The number of hydrogen-bond acceptors (Lipinski definition) is 4. The molecule has 33 heavy (non-hydrogen) atoms. The van der Waals surface area contributed by atoms with E-state index in [1.54, 1.807) is 4.90 Å². The molecule has 3 aliphatic rings. The maximum atomic E-state index is 13.6. The van der Waals surface area contributed by atoms with Crippen LogP contribution in [0, 0.1) is 11.7 Å². The minimum Gasteiger partial charge on any atom is -0.395 e. The number of rotatable bonds is 8. The number of nitrogens with one attached hydrogen (secondary N) is 1. The van der Waals surface area contributed by atoms with Crippen molar-refractivity contribution in [1.82, 2.24) is 20.0 Å². The summed E-state index contributed by atoms with van der Waals surface area (Å²) in [5.74, 6) is 0.0811. The number of aliphatic hydroxyl groups excluding tert-OH is 1. The van der Waals surface area contributed by atoms with Crippen molar-refractivity contribution < 1.29 is 19.1 Å². The first-order valence-electron chi connectivity index (χ1n) is 12.2. The summed E-state index contributed by atoms with van der Waals surface area (Å²) in [5.41, 5.74) is 0.637. The van der Waals surface area contributed by atoms with E-state index in [1.807, 2.05) is 12.1 Å². The van der Waals surface area contributed by atoms with Crippen molar-refractivity contribution in [2.24, 2.45) is 5.92 Å². The molecule has 2 saturated carbocycles. The van der Waals surface area contributed by atoms with Crippen molar-refractivity contribution in [3.8, 4) is 0 Å². The van der Waals surface area contributed by atoms with Gasteiger partial charge in [-0.2, -0.15) is 0 Å². The Morgan fingerprint density at radius 2 is 1.85 bits per heavy atom. The molecule has 2 aliphatic carbocycles. The Balaban J connectivity index is 1.54. The highest BCUT2D eigenvalue weighted by Gasteiger charge is 2.55. The fourth-order valence-corrected chi connectivity index (χ4v) is 5.95. The number of carbonyl (C=O) groups is 2. The molecule has 1 aromatic rings. The van der Waals surface area contributed by atoms with Gasteiger partial charge in [-0.15, -0.1) is 0 Å². The summed E-state index contributed by atoms with van der Waals surface area (Å²) >= 11 is 0. The summed E-state index contributed by atoms with van der Waals surface area (Å²) in [4.78, 5) is 31.7. The van der Waals surface area contributed by atoms with Crippen molar-refractivity contribution >= 4 is 11.9 Å². The van der Waals surface area contributed by atoms with Gasteiger partial charge >= 0.3 is 6.03 Å². The third kappa shape index (κ3) is 4.60. The molecule has 1 heterocycles. The molecule has 4 rings (SSSR count). The summed E-state index contributed by atoms with van der Waals surface area (Å²) < 4.78 is 13.6. The Labute approximate surface area is 195 Å². The first kappa shape index (κ1) is 24.0.